The van der Waals surface area contributed by atoms with Gasteiger partial charge in [-0.1, -0.05) is 12.8 Å². The minimum absolute atomic E-state index is 0.367. The topological polar surface area (TPSA) is 58.5 Å². The van der Waals surface area contributed by atoms with Gasteiger partial charge in [-0.15, -0.1) is 11.3 Å². The van der Waals surface area contributed by atoms with Crippen LogP contribution in [0, 0.1) is 12.3 Å². The van der Waals surface area contributed by atoms with Crippen molar-refractivity contribution in [3.8, 4) is 0 Å². The van der Waals surface area contributed by atoms with Crippen molar-refractivity contribution >= 4 is 17.3 Å². The van der Waals surface area contributed by atoms with Crippen LogP contribution < -0.4 is 10.6 Å². The van der Waals surface area contributed by atoms with Gasteiger partial charge in [0.2, 0.25) is 0 Å². The van der Waals surface area contributed by atoms with Crippen molar-refractivity contribution in [1.82, 2.24) is 15.6 Å². The van der Waals surface area contributed by atoms with E-state index in [2.05, 4.69) is 29.5 Å². The number of aliphatic imine (C=N–C) groups is 1. The van der Waals surface area contributed by atoms with Gasteiger partial charge in [-0.25, -0.2) is 9.98 Å². The molecular weight excluding hydrogens is 320 g/mol. The first-order valence-corrected chi connectivity index (χ1v) is 10.1. The number of hydrogen-bond donors (Lipinski definition) is 2. The third kappa shape index (κ3) is 5.74. The van der Waals surface area contributed by atoms with Crippen molar-refractivity contribution in [2.75, 3.05) is 26.3 Å². The van der Waals surface area contributed by atoms with Crippen LogP contribution in [0.25, 0.3) is 0 Å². The molecule has 24 heavy (non-hydrogen) atoms. The average molecular weight is 353 g/mol. The van der Waals surface area contributed by atoms with Crippen LogP contribution >= 0.6 is 11.3 Å². The predicted octanol–water partition coefficient (Wildman–Crippen LogP) is 3.49. The molecule has 0 atom stereocenters. The molecule has 2 rings (SSSR count). The van der Waals surface area contributed by atoms with Crippen LogP contribution in [0.15, 0.2) is 10.5 Å². The number of thiazole rings is 1. The van der Waals surface area contributed by atoms with E-state index < -0.39 is 0 Å². The molecular formula is C18H32N4OS. The monoisotopic (exact) mass is 352 g/mol. The summed E-state index contributed by atoms with van der Waals surface area (Å²) in [7, 11) is 0. The van der Waals surface area contributed by atoms with Gasteiger partial charge in [0.15, 0.2) is 5.96 Å². The van der Waals surface area contributed by atoms with Gasteiger partial charge < -0.3 is 15.4 Å². The lowest BCUT2D eigenvalue weighted by atomic mass is 9.83. The third-order valence-electron chi connectivity index (χ3n) is 4.85. The molecule has 1 saturated carbocycles. The largest absolute Gasteiger partial charge is 0.382 e. The Morgan fingerprint density at radius 2 is 2.12 bits per heavy atom. The van der Waals surface area contributed by atoms with E-state index in [0.717, 1.165) is 44.4 Å². The van der Waals surface area contributed by atoms with Gasteiger partial charge in [0, 0.05) is 31.2 Å². The van der Waals surface area contributed by atoms with Crippen LogP contribution in [-0.2, 0) is 11.3 Å². The van der Waals surface area contributed by atoms with Crippen molar-refractivity contribution in [2.45, 2.75) is 59.4 Å². The van der Waals surface area contributed by atoms with Crippen LogP contribution in [0.4, 0.5) is 0 Å². The van der Waals surface area contributed by atoms with Crippen LogP contribution in [0.1, 0.15) is 56.5 Å². The Balaban J connectivity index is 1.92. The molecule has 136 valence electrons. The van der Waals surface area contributed by atoms with Gasteiger partial charge >= 0.3 is 0 Å². The second-order valence-corrected chi connectivity index (χ2v) is 7.50. The lowest BCUT2D eigenvalue weighted by Gasteiger charge is -2.30. The van der Waals surface area contributed by atoms with E-state index in [0.29, 0.717) is 12.0 Å². The Morgan fingerprint density at radius 1 is 1.33 bits per heavy atom. The summed E-state index contributed by atoms with van der Waals surface area (Å²) in [6, 6.07) is 0. The lowest BCUT2D eigenvalue weighted by molar-refractivity contribution is 0.105. The number of nitrogens with one attached hydrogen (secondary N) is 2. The second kappa shape index (κ2) is 9.99. The highest BCUT2D eigenvalue weighted by molar-refractivity contribution is 7.09. The minimum Gasteiger partial charge on any atom is -0.382 e. The van der Waals surface area contributed by atoms with Gasteiger partial charge in [0.05, 0.1) is 17.7 Å². The molecule has 0 unspecified atom stereocenters. The van der Waals surface area contributed by atoms with Gasteiger partial charge in [-0.05, 0) is 45.4 Å². The van der Waals surface area contributed by atoms with Gasteiger partial charge in [-0.3, -0.25) is 0 Å². The average Bonchev–Trinajstić information content (AvgIpc) is 3.20. The fraction of sp³-hybridized carbons (Fsp3) is 0.778. The molecule has 0 saturated heterocycles. The highest BCUT2D eigenvalue weighted by Crippen LogP contribution is 2.40. The standard InChI is InChI=1S/C18H32N4OS/c1-4-19-17(20-12-16-15(3)22-14-24-16)21-13-18(8-6-7-9-18)10-11-23-5-2/h14H,4-13H2,1-3H3,(H2,19,20,21). The number of hydrogen-bond acceptors (Lipinski definition) is 4. The van der Waals surface area contributed by atoms with E-state index in [9.17, 15) is 0 Å². The molecule has 2 N–H and O–H groups in total. The van der Waals surface area contributed by atoms with E-state index in [1.807, 2.05) is 12.4 Å². The Bertz CT molecular complexity index is 509. The fourth-order valence-corrected chi connectivity index (χ4v) is 4.02. The maximum atomic E-state index is 5.61. The quantitative estimate of drug-likeness (QED) is 0.406. The zero-order chi connectivity index (χ0) is 17.3. The predicted molar refractivity (Wildman–Crippen MR) is 102 cm³/mol. The van der Waals surface area contributed by atoms with Crippen LogP contribution in [0.2, 0.25) is 0 Å². The highest BCUT2D eigenvalue weighted by Gasteiger charge is 2.33. The Labute approximate surface area is 150 Å². The summed E-state index contributed by atoms with van der Waals surface area (Å²) < 4.78 is 5.61. The molecule has 1 aromatic rings. The number of nitrogens with zero attached hydrogens (tertiary/aromatic N) is 2. The SMILES string of the molecule is CCNC(=NCc1scnc1C)NCC1(CCOCC)CCCC1. The van der Waals surface area contributed by atoms with Crippen molar-refractivity contribution in [1.29, 1.82) is 0 Å². The second-order valence-electron chi connectivity index (χ2n) is 6.56. The van der Waals surface area contributed by atoms with Crippen LogP contribution in [0.5, 0.6) is 0 Å². The summed E-state index contributed by atoms with van der Waals surface area (Å²) in [5.74, 6) is 0.910. The molecule has 0 aromatic carbocycles. The normalized spacial score (nSPS) is 17.2. The Hall–Kier alpha value is -1.14. The van der Waals surface area contributed by atoms with E-state index >= 15 is 0 Å². The van der Waals surface area contributed by atoms with E-state index in [-0.39, 0.29) is 0 Å². The first-order valence-electron chi connectivity index (χ1n) is 9.18. The summed E-state index contributed by atoms with van der Waals surface area (Å²) >= 11 is 1.68. The molecule has 0 spiro atoms. The number of aromatic nitrogens is 1. The molecule has 6 heteroatoms. The summed E-state index contributed by atoms with van der Waals surface area (Å²) in [5.41, 5.74) is 3.34. The number of guanidine groups is 1. The molecule has 0 aliphatic heterocycles. The molecule has 5 nitrogen and oxygen atoms in total. The fourth-order valence-electron chi connectivity index (χ4n) is 3.31. The maximum Gasteiger partial charge on any atom is 0.191 e. The van der Waals surface area contributed by atoms with Gasteiger partial charge in [0.1, 0.15) is 0 Å². The molecule has 1 heterocycles. The molecule has 0 bridgehead atoms. The summed E-state index contributed by atoms with van der Waals surface area (Å²) in [5, 5.41) is 6.94. The molecule has 0 amide bonds. The van der Waals surface area contributed by atoms with Crippen molar-refractivity contribution < 1.29 is 4.74 Å². The lowest BCUT2D eigenvalue weighted by Crippen LogP contribution is -2.43. The van der Waals surface area contributed by atoms with Crippen LogP contribution in [0.3, 0.4) is 0 Å². The van der Waals surface area contributed by atoms with Gasteiger partial charge in [0.25, 0.3) is 0 Å². The smallest absolute Gasteiger partial charge is 0.191 e. The van der Waals surface area contributed by atoms with E-state index in [1.165, 1.54) is 30.6 Å². The summed E-state index contributed by atoms with van der Waals surface area (Å²) in [4.78, 5) is 10.3. The number of aryl methyl sites for hydroxylation is 1. The first-order chi connectivity index (χ1) is 11.7. The Morgan fingerprint density at radius 3 is 2.75 bits per heavy atom. The van der Waals surface area contributed by atoms with Crippen LogP contribution in [-0.4, -0.2) is 37.2 Å². The number of ether oxygens (including phenoxy) is 1. The zero-order valence-electron chi connectivity index (χ0n) is 15.4. The molecule has 1 aliphatic carbocycles. The molecule has 0 radical (unpaired) electrons. The zero-order valence-corrected chi connectivity index (χ0v) is 16.2. The molecule has 1 aliphatic rings. The number of rotatable bonds is 9. The summed E-state index contributed by atoms with van der Waals surface area (Å²) in [6.45, 7) is 10.4. The first kappa shape index (κ1) is 19.2. The maximum absolute atomic E-state index is 5.61. The molecule has 1 fully saturated rings. The van der Waals surface area contributed by atoms with Gasteiger partial charge in [-0.2, -0.15) is 0 Å². The van der Waals surface area contributed by atoms with E-state index in [1.54, 1.807) is 11.3 Å². The minimum atomic E-state index is 0.367. The van der Waals surface area contributed by atoms with Crippen molar-refractivity contribution in [2.24, 2.45) is 10.4 Å². The third-order valence-corrected chi connectivity index (χ3v) is 5.77. The Kier molecular flexibility index (Phi) is 7.99. The van der Waals surface area contributed by atoms with Crippen molar-refractivity contribution in [3.05, 3.63) is 16.1 Å². The van der Waals surface area contributed by atoms with Crippen molar-refractivity contribution in [3.63, 3.8) is 0 Å². The van der Waals surface area contributed by atoms with E-state index in [4.69, 9.17) is 9.73 Å². The highest BCUT2D eigenvalue weighted by atomic mass is 32.1. The summed E-state index contributed by atoms with van der Waals surface area (Å²) in [6.07, 6.45) is 6.39. The molecule has 1 aromatic heterocycles.